The summed E-state index contributed by atoms with van der Waals surface area (Å²) in [6, 6.07) is 8.87. The molecular formula is C41H72Br2N4+2. The summed E-state index contributed by atoms with van der Waals surface area (Å²) in [4.78, 5) is 0.709. The fourth-order valence-electron chi connectivity index (χ4n) is 6.28. The quantitative estimate of drug-likeness (QED) is 0.0440. The van der Waals surface area contributed by atoms with Gasteiger partial charge in [0.05, 0.1) is 0 Å². The fraction of sp³-hybridized carbons (Fsp3) is 0.756. The minimum Gasteiger partial charge on any atom is -0.385 e. The average molecular weight is 781 g/mol. The highest BCUT2D eigenvalue weighted by molar-refractivity contribution is 9.09. The number of hydrogen-bond acceptors (Lipinski definition) is 2. The van der Waals surface area contributed by atoms with Gasteiger partial charge in [0.25, 0.3) is 0 Å². The molecule has 0 aromatic carbocycles. The fourth-order valence-corrected chi connectivity index (χ4v) is 7.47. The third-order valence-electron chi connectivity index (χ3n) is 9.46. The second-order valence-corrected chi connectivity index (χ2v) is 15.9. The van der Waals surface area contributed by atoms with Gasteiger partial charge >= 0.3 is 0 Å². The standard InChI is InChI=1S/C41H70Br2N4/c1-3-5-7-9-11-13-15-17-19-24-32-44-38-28-34-46(35-29-38)40(42)26-22-21-23-27-41(43)47-36-30-39(31-37-47)45-33-25-20-18-16-14-12-10-8-6-4-2/h28-31,34-37,40-41H,3-27,32-33H2,1-2H3/p+2. The molecule has 2 N–H and O–H groups in total. The van der Waals surface area contributed by atoms with Crippen LogP contribution in [0.25, 0.3) is 0 Å². The Bertz CT molecular complexity index is 875. The van der Waals surface area contributed by atoms with Crippen LogP contribution in [0.5, 0.6) is 0 Å². The molecule has 2 heterocycles. The first-order valence-electron chi connectivity index (χ1n) is 19.9. The van der Waals surface area contributed by atoms with E-state index in [1.54, 1.807) is 0 Å². The van der Waals surface area contributed by atoms with Gasteiger partial charge < -0.3 is 10.6 Å². The number of rotatable bonds is 32. The van der Waals surface area contributed by atoms with Gasteiger partial charge in [-0.3, -0.25) is 0 Å². The highest BCUT2D eigenvalue weighted by Gasteiger charge is 2.16. The van der Waals surface area contributed by atoms with E-state index in [-0.39, 0.29) is 0 Å². The molecule has 6 heteroatoms. The van der Waals surface area contributed by atoms with Crippen molar-refractivity contribution in [3.63, 3.8) is 0 Å². The van der Waals surface area contributed by atoms with Gasteiger partial charge in [-0.15, -0.1) is 0 Å². The van der Waals surface area contributed by atoms with Gasteiger partial charge in [0.2, 0.25) is 9.90 Å². The van der Waals surface area contributed by atoms with Crippen LogP contribution in [0, 0.1) is 0 Å². The molecule has 4 nitrogen and oxygen atoms in total. The van der Waals surface area contributed by atoms with Gasteiger partial charge in [-0.2, -0.15) is 9.13 Å². The normalized spacial score (nSPS) is 12.7. The third-order valence-corrected chi connectivity index (χ3v) is 11.3. The van der Waals surface area contributed by atoms with Crippen molar-refractivity contribution in [2.45, 2.75) is 184 Å². The number of anilines is 2. The number of aromatic nitrogens is 2. The van der Waals surface area contributed by atoms with E-state index < -0.39 is 0 Å². The predicted octanol–water partition coefficient (Wildman–Crippen LogP) is 13.4. The van der Waals surface area contributed by atoms with E-state index in [1.165, 1.54) is 159 Å². The Morgan fingerprint density at radius 2 is 0.702 bits per heavy atom. The summed E-state index contributed by atoms with van der Waals surface area (Å²) < 4.78 is 4.59. The number of halogens is 2. The van der Waals surface area contributed by atoms with Crippen LogP contribution in [0.1, 0.15) is 184 Å². The largest absolute Gasteiger partial charge is 0.385 e. The van der Waals surface area contributed by atoms with Gasteiger partial charge in [-0.25, -0.2) is 0 Å². The summed E-state index contributed by atoms with van der Waals surface area (Å²) in [5.74, 6) is 0. The zero-order valence-corrected chi connectivity index (χ0v) is 33.7. The Morgan fingerprint density at radius 1 is 0.426 bits per heavy atom. The van der Waals surface area contributed by atoms with Crippen LogP contribution in [0.4, 0.5) is 11.4 Å². The van der Waals surface area contributed by atoms with Crippen LogP contribution in [0.15, 0.2) is 49.1 Å². The van der Waals surface area contributed by atoms with Crippen molar-refractivity contribution in [3.8, 4) is 0 Å². The van der Waals surface area contributed by atoms with E-state index in [0.717, 1.165) is 25.9 Å². The smallest absolute Gasteiger partial charge is 0.211 e. The zero-order valence-electron chi connectivity index (χ0n) is 30.5. The van der Waals surface area contributed by atoms with Crippen LogP contribution >= 0.6 is 31.9 Å². The number of nitrogens with zero attached hydrogens (tertiary/aromatic N) is 2. The molecule has 0 fully saturated rings. The molecule has 2 aromatic rings. The van der Waals surface area contributed by atoms with Crippen LogP contribution < -0.4 is 19.8 Å². The topological polar surface area (TPSA) is 31.8 Å². The van der Waals surface area contributed by atoms with E-state index in [4.69, 9.17) is 0 Å². The lowest BCUT2D eigenvalue weighted by molar-refractivity contribution is -0.698. The van der Waals surface area contributed by atoms with E-state index in [0.29, 0.717) is 9.90 Å². The highest BCUT2D eigenvalue weighted by Crippen LogP contribution is 2.21. The van der Waals surface area contributed by atoms with Crippen molar-refractivity contribution >= 4 is 43.2 Å². The summed E-state index contributed by atoms with van der Waals surface area (Å²) in [6.45, 7) is 6.73. The summed E-state index contributed by atoms with van der Waals surface area (Å²) >= 11 is 7.83. The SMILES string of the molecule is CCCCCCCCCCCCNc1cc[n+](C(Br)CCCCCC(Br)[n+]2ccc(NCCCCCCCCCCCC)cc2)cc1. The van der Waals surface area contributed by atoms with Crippen LogP contribution in [0.2, 0.25) is 0 Å². The number of pyridine rings is 2. The molecule has 0 saturated heterocycles. The molecule has 0 amide bonds. The first kappa shape index (κ1) is 42.0. The summed E-state index contributed by atoms with van der Waals surface area (Å²) in [5.41, 5.74) is 2.46. The number of nitrogens with one attached hydrogen (secondary N) is 2. The maximum absolute atomic E-state index is 3.92. The molecule has 0 aliphatic rings. The monoisotopic (exact) mass is 778 g/mol. The Balaban J connectivity index is 1.46. The van der Waals surface area contributed by atoms with E-state index in [9.17, 15) is 0 Å². The van der Waals surface area contributed by atoms with E-state index in [2.05, 4.69) is 115 Å². The van der Waals surface area contributed by atoms with Crippen molar-refractivity contribution in [2.75, 3.05) is 23.7 Å². The van der Waals surface area contributed by atoms with Gasteiger partial charge in [0.1, 0.15) is 0 Å². The minimum absolute atomic E-state index is 0.355. The number of alkyl halides is 2. The average Bonchev–Trinajstić information content (AvgIpc) is 3.09. The molecule has 0 aliphatic carbocycles. The van der Waals surface area contributed by atoms with Crippen molar-refractivity contribution < 1.29 is 9.13 Å². The summed E-state index contributed by atoms with van der Waals surface area (Å²) in [7, 11) is 0. The first-order chi connectivity index (χ1) is 23.1. The van der Waals surface area contributed by atoms with Crippen LogP contribution in [-0.4, -0.2) is 13.1 Å². The zero-order chi connectivity index (χ0) is 33.6. The van der Waals surface area contributed by atoms with Gasteiger partial charge in [-0.1, -0.05) is 136 Å². The summed E-state index contributed by atoms with van der Waals surface area (Å²) in [6.07, 6.45) is 42.6. The lowest BCUT2D eigenvalue weighted by Gasteiger charge is -2.09. The van der Waals surface area contributed by atoms with Gasteiger partial charge in [0.15, 0.2) is 24.8 Å². The molecule has 0 bridgehead atoms. The Kier molecular flexibility index (Phi) is 26.6. The highest BCUT2D eigenvalue weighted by atomic mass is 79.9. The molecule has 0 aliphatic heterocycles. The molecule has 0 radical (unpaired) electrons. The summed E-state index contributed by atoms with van der Waals surface area (Å²) in [5, 5.41) is 7.22. The maximum atomic E-state index is 3.92. The van der Waals surface area contributed by atoms with Gasteiger partial charge in [-0.05, 0) is 57.5 Å². The Morgan fingerprint density at radius 3 is 1.02 bits per heavy atom. The predicted molar refractivity (Wildman–Crippen MR) is 213 cm³/mol. The molecule has 2 atom stereocenters. The first-order valence-corrected chi connectivity index (χ1v) is 21.7. The number of hydrogen-bond donors (Lipinski definition) is 2. The molecule has 2 aromatic heterocycles. The lowest BCUT2D eigenvalue weighted by atomic mass is 10.1. The molecule has 0 saturated carbocycles. The van der Waals surface area contributed by atoms with Crippen molar-refractivity contribution in [2.24, 2.45) is 0 Å². The third kappa shape index (κ3) is 22.2. The van der Waals surface area contributed by atoms with Gasteiger partial charge in [0, 0.05) is 61.6 Å². The molecule has 268 valence electrons. The van der Waals surface area contributed by atoms with Crippen molar-refractivity contribution in [1.29, 1.82) is 0 Å². The van der Waals surface area contributed by atoms with Crippen molar-refractivity contribution in [3.05, 3.63) is 49.1 Å². The van der Waals surface area contributed by atoms with Crippen LogP contribution in [0.3, 0.4) is 0 Å². The molecule has 0 spiro atoms. The molecular weight excluding hydrogens is 708 g/mol. The van der Waals surface area contributed by atoms with Crippen LogP contribution in [-0.2, 0) is 0 Å². The molecule has 47 heavy (non-hydrogen) atoms. The Hall–Kier alpha value is -1.14. The number of unbranched alkanes of at least 4 members (excludes halogenated alkanes) is 20. The molecule has 2 unspecified atom stereocenters. The minimum atomic E-state index is 0.355. The van der Waals surface area contributed by atoms with E-state index >= 15 is 0 Å². The molecule has 2 rings (SSSR count). The Labute approximate surface area is 307 Å². The maximum Gasteiger partial charge on any atom is 0.211 e. The lowest BCUT2D eigenvalue weighted by Crippen LogP contribution is -2.35. The van der Waals surface area contributed by atoms with E-state index in [1.807, 2.05) is 0 Å². The second-order valence-electron chi connectivity index (χ2n) is 13.8. The van der Waals surface area contributed by atoms with Crippen molar-refractivity contribution in [1.82, 2.24) is 0 Å². The second kappa shape index (κ2) is 29.7.